The van der Waals surface area contributed by atoms with Gasteiger partial charge < -0.3 is 14.2 Å². The molecule has 0 N–H and O–H groups in total. The third-order valence-corrected chi connectivity index (χ3v) is 5.40. The van der Waals surface area contributed by atoms with Crippen LogP contribution >= 0.6 is 0 Å². The zero-order valence-corrected chi connectivity index (χ0v) is 14.9. The van der Waals surface area contributed by atoms with Crippen molar-refractivity contribution in [1.82, 2.24) is 4.90 Å². The lowest BCUT2D eigenvalue weighted by molar-refractivity contribution is -0.163. The second-order valence-corrected chi connectivity index (χ2v) is 6.92. The monoisotopic (exact) mass is 371 g/mol. The van der Waals surface area contributed by atoms with E-state index in [-0.39, 0.29) is 25.1 Å². The van der Waals surface area contributed by atoms with E-state index in [1.807, 2.05) is 30.3 Å². The molecule has 1 aromatic rings. The van der Waals surface area contributed by atoms with E-state index in [9.17, 15) is 14.4 Å². The molecule has 0 spiro atoms. The van der Waals surface area contributed by atoms with Crippen molar-refractivity contribution in [3.8, 4) is 0 Å². The molecule has 2 fully saturated rings. The lowest BCUT2D eigenvalue weighted by Crippen LogP contribution is -2.58. The van der Waals surface area contributed by atoms with Crippen LogP contribution in [0.15, 0.2) is 42.5 Å². The Morgan fingerprint density at radius 2 is 1.96 bits per heavy atom. The Bertz CT molecular complexity index is 776. The van der Waals surface area contributed by atoms with Crippen LogP contribution in [0.1, 0.15) is 18.9 Å². The summed E-state index contributed by atoms with van der Waals surface area (Å²) in [5, 5.41) is 0. The topological polar surface area (TPSA) is 82.1 Å². The van der Waals surface area contributed by atoms with Crippen molar-refractivity contribution in [2.75, 3.05) is 6.61 Å². The average molecular weight is 371 g/mol. The number of carbonyl (C=O) groups excluding carboxylic acids is 3. The van der Waals surface area contributed by atoms with Crippen LogP contribution in [0, 0.1) is 11.8 Å². The highest BCUT2D eigenvalue weighted by Crippen LogP contribution is 2.45. The van der Waals surface area contributed by atoms with Gasteiger partial charge in [-0.1, -0.05) is 36.4 Å². The molecule has 0 saturated carbocycles. The predicted octanol–water partition coefficient (Wildman–Crippen LogP) is 2.06. The number of carbonyl (C=O) groups is 3. The standard InChI is InChI=1S/C20H21NO6/c1-2-25-18(22)13-8-9-16-17-14(13)10-15(19(23)27-16)21(17)20(24)26-11-12-6-4-3-5-7-12/h3-9,13-17H,2,10-11H2,1H3/t13-,14+,15-,16?,17-/m0/s1. The van der Waals surface area contributed by atoms with Gasteiger partial charge in [0.25, 0.3) is 0 Å². The molecule has 142 valence electrons. The molecule has 0 aromatic heterocycles. The van der Waals surface area contributed by atoms with Crippen molar-refractivity contribution in [2.24, 2.45) is 11.8 Å². The molecule has 27 heavy (non-hydrogen) atoms. The van der Waals surface area contributed by atoms with Gasteiger partial charge in [-0.3, -0.25) is 9.69 Å². The number of benzene rings is 1. The number of esters is 2. The van der Waals surface area contributed by atoms with Crippen LogP contribution in [0.3, 0.4) is 0 Å². The Morgan fingerprint density at radius 3 is 2.70 bits per heavy atom. The minimum Gasteiger partial charge on any atom is -0.466 e. The first kappa shape index (κ1) is 17.6. The summed E-state index contributed by atoms with van der Waals surface area (Å²) in [6, 6.07) is 8.21. The van der Waals surface area contributed by atoms with Crippen LogP contribution in [0.25, 0.3) is 0 Å². The highest BCUT2D eigenvalue weighted by atomic mass is 16.6. The highest BCUT2D eigenvalue weighted by molar-refractivity contribution is 5.85. The summed E-state index contributed by atoms with van der Waals surface area (Å²) >= 11 is 0. The second kappa shape index (κ2) is 7.06. The van der Waals surface area contributed by atoms with Crippen LogP contribution in [-0.2, 0) is 30.4 Å². The first-order valence-electron chi connectivity index (χ1n) is 9.14. The molecule has 1 aromatic carbocycles. The second-order valence-electron chi connectivity index (χ2n) is 6.92. The van der Waals surface area contributed by atoms with Gasteiger partial charge >= 0.3 is 18.0 Å². The fourth-order valence-electron chi connectivity index (χ4n) is 4.24. The third-order valence-electron chi connectivity index (χ3n) is 5.40. The van der Waals surface area contributed by atoms with Gasteiger partial charge in [0.05, 0.1) is 18.6 Å². The number of amides is 1. The van der Waals surface area contributed by atoms with Crippen LogP contribution in [-0.4, -0.2) is 47.7 Å². The number of fused-ring (bicyclic) bond motifs is 1. The SMILES string of the molecule is CCOC(=O)[C@H]1C=CC2OC(=O)[C@@H]3C[C@H]1[C@@H]2N3C(=O)OCc1ccccc1. The Hall–Kier alpha value is -2.83. The van der Waals surface area contributed by atoms with E-state index in [0.29, 0.717) is 6.42 Å². The Balaban J connectivity index is 1.54. The first-order chi connectivity index (χ1) is 13.1. The number of ether oxygens (including phenoxy) is 3. The number of morpholine rings is 1. The van der Waals surface area contributed by atoms with Gasteiger partial charge in [0.15, 0.2) is 0 Å². The van der Waals surface area contributed by atoms with Crippen molar-refractivity contribution in [3.63, 3.8) is 0 Å². The minimum absolute atomic E-state index is 0.122. The predicted molar refractivity (Wildman–Crippen MR) is 93.3 cm³/mol. The van der Waals surface area contributed by atoms with Gasteiger partial charge in [-0.15, -0.1) is 0 Å². The molecular weight excluding hydrogens is 350 g/mol. The smallest absolute Gasteiger partial charge is 0.411 e. The van der Waals surface area contributed by atoms with Gasteiger partial charge in [0.1, 0.15) is 18.8 Å². The van der Waals surface area contributed by atoms with E-state index >= 15 is 0 Å². The van der Waals surface area contributed by atoms with Crippen molar-refractivity contribution < 1.29 is 28.6 Å². The molecule has 2 saturated heterocycles. The lowest BCUT2D eigenvalue weighted by atomic mass is 9.79. The van der Waals surface area contributed by atoms with E-state index in [1.54, 1.807) is 19.1 Å². The fourth-order valence-corrected chi connectivity index (χ4v) is 4.24. The number of rotatable bonds is 4. The molecular formula is C20H21NO6. The molecule has 5 atom stereocenters. The molecule has 4 rings (SSSR count). The molecule has 1 unspecified atom stereocenters. The molecule has 2 aliphatic heterocycles. The normalized spacial score (nSPS) is 30.6. The van der Waals surface area contributed by atoms with Crippen LogP contribution in [0.4, 0.5) is 4.79 Å². The third kappa shape index (κ3) is 3.07. The van der Waals surface area contributed by atoms with Crippen molar-refractivity contribution in [1.29, 1.82) is 0 Å². The lowest BCUT2D eigenvalue weighted by Gasteiger charge is -2.41. The maximum Gasteiger partial charge on any atom is 0.411 e. The number of hydrogen-bond donors (Lipinski definition) is 0. The summed E-state index contributed by atoms with van der Waals surface area (Å²) in [7, 11) is 0. The minimum atomic E-state index is -0.726. The summed E-state index contributed by atoms with van der Waals surface area (Å²) in [5.74, 6) is -1.51. The summed E-state index contributed by atoms with van der Waals surface area (Å²) in [6.45, 7) is 2.16. The largest absolute Gasteiger partial charge is 0.466 e. The Labute approximate surface area is 156 Å². The summed E-state index contributed by atoms with van der Waals surface area (Å²) in [6.07, 6.45) is 2.67. The maximum atomic E-state index is 12.8. The van der Waals surface area contributed by atoms with Gasteiger partial charge in [0, 0.05) is 5.92 Å². The molecule has 1 amide bonds. The van der Waals surface area contributed by atoms with Crippen LogP contribution in [0.5, 0.6) is 0 Å². The molecule has 0 radical (unpaired) electrons. The Morgan fingerprint density at radius 1 is 1.19 bits per heavy atom. The van der Waals surface area contributed by atoms with Gasteiger partial charge in [-0.2, -0.15) is 0 Å². The van der Waals surface area contributed by atoms with Gasteiger partial charge in [-0.25, -0.2) is 9.59 Å². The molecule has 7 nitrogen and oxygen atoms in total. The Kier molecular flexibility index (Phi) is 4.59. The van der Waals surface area contributed by atoms with E-state index in [4.69, 9.17) is 14.2 Å². The van der Waals surface area contributed by atoms with Gasteiger partial charge in [0.2, 0.25) is 0 Å². The average Bonchev–Trinajstić information content (AvgIpc) is 3.05. The first-order valence-corrected chi connectivity index (χ1v) is 9.14. The fraction of sp³-hybridized carbons (Fsp3) is 0.450. The van der Waals surface area contributed by atoms with Crippen molar-refractivity contribution >= 4 is 18.0 Å². The van der Waals surface area contributed by atoms with E-state index in [0.717, 1.165) is 5.56 Å². The van der Waals surface area contributed by atoms with E-state index in [2.05, 4.69) is 0 Å². The summed E-state index contributed by atoms with van der Waals surface area (Å²) < 4.78 is 16.0. The van der Waals surface area contributed by atoms with Gasteiger partial charge in [-0.05, 0) is 25.0 Å². The quantitative estimate of drug-likeness (QED) is 0.458. The molecule has 2 bridgehead atoms. The molecule has 1 aliphatic carbocycles. The summed E-state index contributed by atoms with van der Waals surface area (Å²) in [4.78, 5) is 38.9. The zero-order chi connectivity index (χ0) is 19.0. The summed E-state index contributed by atoms with van der Waals surface area (Å²) in [5.41, 5.74) is 0.863. The molecule has 7 heteroatoms. The molecule has 2 heterocycles. The van der Waals surface area contributed by atoms with E-state index < -0.39 is 36.2 Å². The van der Waals surface area contributed by atoms with Crippen LogP contribution < -0.4 is 0 Å². The maximum absolute atomic E-state index is 12.8. The highest BCUT2D eigenvalue weighted by Gasteiger charge is 2.60. The number of nitrogens with zero attached hydrogens (tertiary/aromatic N) is 1. The van der Waals surface area contributed by atoms with Crippen molar-refractivity contribution in [3.05, 3.63) is 48.0 Å². The van der Waals surface area contributed by atoms with E-state index in [1.165, 1.54) is 4.90 Å². The van der Waals surface area contributed by atoms with Crippen molar-refractivity contribution in [2.45, 2.75) is 38.1 Å². The van der Waals surface area contributed by atoms with Crippen LogP contribution in [0.2, 0.25) is 0 Å². The molecule has 3 aliphatic rings. The number of hydrogen-bond acceptors (Lipinski definition) is 6. The zero-order valence-electron chi connectivity index (χ0n) is 14.9.